The van der Waals surface area contributed by atoms with E-state index in [-0.39, 0.29) is 31.0 Å². The largest absolute Gasteiger partial charge is 0.484 e. The van der Waals surface area contributed by atoms with Crippen molar-refractivity contribution in [3.8, 4) is 5.75 Å². The third-order valence-corrected chi connectivity index (χ3v) is 5.88. The van der Waals surface area contributed by atoms with Crippen LogP contribution in [0.2, 0.25) is 5.02 Å². The Morgan fingerprint density at radius 1 is 0.971 bits per heavy atom. The highest BCUT2D eigenvalue weighted by Crippen LogP contribution is 2.19. The Labute approximate surface area is 214 Å². The lowest BCUT2D eigenvalue weighted by Gasteiger charge is -2.32. The highest BCUT2D eigenvalue weighted by atomic mass is 79.9. The normalized spacial score (nSPS) is 11.7. The van der Waals surface area contributed by atoms with Crippen molar-refractivity contribution in [2.75, 3.05) is 6.61 Å². The molecule has 0 aromatic heterocycles. The lowest BCUT2D eigenvalue weighted by molar-refractivity contribution is -0.143. The van der Waals surface area contributed by atoms with Gasteiger partial charge in [-0.05, 0) is 61.4 Å². The first-order valence-electron chi connectivity index (χ1n) is 11.1. The molecule has 3 aromatic carbocycles. The van der Waals surface area contributed by atoms with Crippen LogP contribution in [0.15, 0.2) is 83.3 Å². The number of nitrogens with one attached hydrogen (secondary N) is 1. The summed E-state index contributed by atoms with van der Waals surface area (Å²) >= 11 is 9.58. The molecule has 0 aliphatic rings. The molecule has 0 aliphatic heterocycles. The van der Waals surface area contributed by atoms with Gasteiger partial charge in [-0.15, -0.1) is 0 Å². The SMILES string of the molecule is CC(C)NC(=O)C(Cc1ccccc1)N(Cc1cccc(Cl)c1)C(=O)COc1ccc(Br)cc1. The molecule has 1 N–H and O–H groups in total. The monoisotopic (exact) mass is 542 g/mol. The first-order chi connectivity index (χ1) is 16.3. The lowest BCUT2D eigenvalue weighted by Crippen LogP contribution is -2.52. The number of halogens is 2. The van der Waals surface area contributed by atoms with Crippen molar-refractivity contribution in [1.29, 1.82) is 0 Å². The van der Waals surface area contributed by atoms with E-state index in [9.17, 15) is 9.59 Å². The van der Waals surface area contributed by atoms with E-state index < -0.39 is 6.04 Å². The third kappa shape index (κ3) is 7.89. The van der Waals surface area contributed by atoms with E-state index >= 15 is 0 Å². The van der Waals surface area contributed by atoms with E-state index in [2.05, 4.69) is 21.2 Å². The molecular weight excluding hydrogens is 516 g/mol. The van der Waals surface area contributed by atoms with E-state index in [4.69, 9.17) is 16.3 Å². The second-order valence-electron chi connectivity index (χ2n) is 8.26. The lowest BCUT2D eigenvalue weighted by atomic mass is 10.0. The van der Waals surface area contributed by atoms with Crippen molar-refractivity contribution in [3.05, 3.63) is 99.5 Å². The van der Waals surface area contributed by atoms with Crippen LogP contribution >= 0.6 is 27.5 Å². The average molecular weight is 544 g/mol. The fraction of sp³-hybridized carbons (Fsp3) is 0.259. The summed E-state index contributed by atoms with van der Waals surface area (Å²) in [5.41, 5.74) is 1.80. The summed E-state index contributed by atoms with van der Waals surface area (Å²) in [5.74, 6) is 0.0751. The van der Waals surface area contributed by atoms with E-state index in [1.807, 2.05) is 68.4 Å². The summed E-state index contributed by atoms with van der Waals surface area (Å²) in [5, 5.41) is 3.54. The molecule has 2 amide bonds. The summed E-state index contributed by atoms with van der Waals surface area (Å²) in [4.78, 5) is 28.3. The van der Waals surface area contributed by atoms with Gasteiger partial charge in [-0.3, -0.25) is 9.59 Å². The highest BCUT2D eigenvalue weighted by molar-refractivity contribution is 9.10. The van der Waals surface area contributed by atoms with Crippen molar-refractivity contribution in [2.24, 2.45) is 0 Å². The zero-order valence-corrected chi connectivity index (χ0v) is 21.6. The van der Waals surface area contributed by atoms with E-state index in [0.717, 1.165) is 15.6 Å². The van der Waals surface area contributed by atoms with Gasteiger partial charge in [-0.1, -0.05) is 70.0 Å². The van der Waals surface area contributed by atoms with Gasteiger partial charge in [-0.25, -0.2) is 0 Å². The van der Waals surface area contributed by atoms with Crippen LogP contribution in [0.1, 0.15) is 25.0 Å². The van der Waals surface area contributed by atoms with Crippen LogP contribution in [0.25, 0.3) is 0 Å². The predicted octanol–water partition coefficient (Wildman–Crippen LogP) is 5.65. The van der Waals surface area contributed by atoms with Gasteiger partial charge in [-0.2, -0.15) is 0 Å². The molecule has 1 atom stereocenters. The highest BCUT2D eigenvalue weighted by Gasteiger charge is 2.31. The molecule has 3 aromatic rings. The molecule has 3 rings (SSSR count). The molecule has 0 heterocycles. The summed E-state index contributed by atoms with van der Waals surface area (Å²) < 4.78 is 6.68. The Balaban J connectivity index is 1.90. The molecule has 0 radical (unpaired) electrons. The first-order valence-corrected chi connectivity index (χ1v) is 12.3. The van der Waals surface area contributed by atoms with Crippen LogP contribution in [-0.2, 0) is 22.6 Å². The zero-order chi connectivity index (χ0) is 24.5. The summed E-state index contributed by atoms with van der Waals surface area (Å²) in [6.45, 7) is 3.84. The third-order valence-electron chi connectivity index (χ3n) is 5.12. The minimum Gasteiger partial charge on any atom is -0.484 e. The minimum atomic E-state index is -0.718. The number of hydrogen-bond acceptors (Lipinski definition) is 3. The molecule has 0 spiro atoms. The van der Waals surface area contributed by atoms with E-state index in [1.165, 1.54) is 0 Å². The number of ether oxygens (including phenoxy) is 1. The quantitative estimate of drug-likeness (QED) is 0.360. The van der Waals surface area contributed by atoms with Crippen LogP contribution in [0, 0.1) is 0 Å². The molecule has 34 heavy (non-hydrogen) atoms. The van der Waals surface area contributed by atoms with Crippen LogP contribution in [-0.4, -0.2) is 35.4 Å². The van der Waals surface area contributed by atoms with Gasteiger partial charge in [0.25, 0.3) is 5.91 Å². The number of carbonyl (C=O) groups is 2. The Morgan fingerprint density at radius 3 is 2.29 bits per heavy atom. The number of benzene rings is 3. The van der Waals surface area contributed by atoms with Gasteiger partial charge in [0.05, 0.1) is 0 Å². The standard InChI is InChI=1S/C27H28BrClN2O3/c1-19(2)30-27(33)25(16-20-7-4-3-5-8-20)31(17-21-9-6-10-23(29)15-21)26(32)18-34-24-13-11-22(28)12-14-24/h3-15,19,25H,16-18H2,1-2H3,(H,30,33). The maximum atomic E-state index is 13.5. The number of carbonyl (C=O) groups excluding carboxylic acids is 2. The van der Waals surface area contributed by atoms with E-state index in [0.29, 0.717) is 17.2 Å². The van der Waals surface area contributed by atoms with Crippen LogP contribution < -0.4 is 10.1 Å². The van der Waals surface area contributed by atoms with Crippen LogP contribution in [0.3, 0.4) is 0 Å². The maximum absolute atomic E-state index is 13.5. The van der Waals surface area contributed by atoms with Crippen molar-refractivity contribution in [2.45, 2.75) is 38.9 Å². The zero-order valence-electron chi connectivity index (χ0n) is 19.2. The topological polar surface area (TPSA) is 58.6 Å². The van der Waals surface area contributed by atoms with Gasteiger partial charge in [0.15, 0.2) is 6.61 Å². The maximum Gasteiger partial charge on any atom is 0.261 e. The predicted molar refractivity (Wildman–Crippen MR) is 139 cm³/mol. The van der Waals surface area contributed by atoms with Crippen molar-refractivity contribution in [1.82, 2.24) is 10.2 Å². The molecule has 0 aliphatic carbocycles. The summed E-state index contributed by atoms with van der Waals surface area (Å²) in [6.07, 6.45) is 0.379. The fourth-order valence-corrected chi connectivity index (χ4v) is 4.00. The van der Waals surface area contributed by atoms with Gasteiger partial charge >= 0.3 is 0 Å². The fourth-order valence-electron chi connectivity index (χ4n) is 3.53. The molecule has 0 fully saturated rings. The smallest absolute Gasteiger partial charge is 0.261 e. The molecule has 7 heteroatoms. The molecule has 5 nitrogen and oxygen atoms in total. The number of amides is 2. The molecule has 1 unspecified atom stereocenters. The van der Waals surface area contributed by atoms with Crippen LogP contribution in [0.4, 0.5) is 0 Å². The number of hydrogen-bond donors (Lipinski definition) is 1. The Kier molecular flexibility index (Phi) is 9.54. The number of nitrogens with zero attached hydrogens (tertiary/aromatic N) is 1. The van der Waals surface area contributed by atoms with Gasteiger partial charge in [0.1, 0.15) is 11.8 Å². The molecule has 178 valence electrons. The average Bonchev–Trinajstić information content (AvgIpc) is 2.81. The van der Waals surface area contributed by atoms with Crippen molar-refractivity contribution < 1.29 is 14.3 Å². The Bertz CT molecular complexity index is 1090. The van der Waals surface area contributed by atoms with E-state index in [1.54, 1.807) is 29.2 Å². The molecule has 0 saturated carbocycles. The Hall–Kier alpha value is -2.83. The molecule has 0 bridgehead atoms. The van der Waals surface area contributed by atoms with Gasteiger partial charge in [0.2, 0.25) is 5.91 Å². The summed E-state index contributed by atoms with van der Waals surface area (Å²) in [6, 6.07) is 23.5. The van der Waals surface area contributed by atoms with Crippen LogP contribution in [0.5, 0.6) is 5.75 Å². The van der Waals surface area contributed by atoms with Gasteiger partial charge < -0.3 is 15.0 Å². The number of rotatable bonds is 10. The Morgan fingerprint density at radius 2 is 1.65 bits per heavy atom. The second kappa shape index (κ2) is 12.6. The molecular formula is C27H28BrClN2O3. The first kappa shape index (κ1) is 25.8. The van der Waals surface area contributed by atoms with Crippen molar-refractivity contribution in [3.63, 3.8) is 0 Å². The molecule has 0 saturated heterocycles. The second-order valence-corrected chi connectivity index (χ2v) is 9.62. The minimum absolute atomic E-state index is 0.0621. The van der Waals surface area contributed by atoms with Gasteiger partial charge in [0, 0.05) is 28.5 Å². The van der Waals surface area contributed by atoms with Crippen molar-refractivity contribution >= 4 is 39.3 Å². The summed E-state index contributed by atoms with van der Waals surface area (Å²) in [7, 11) is 0.